The molecular weight excluding hydrogens is 268 g/mol. The molecular formula is C15H20N4O2. The van der Waals surface area contributed by atoms with Crippen LogP contribution < -0.4 is 5.56 Å². The number of aromatic amines is 1. The second kappa shape index (κ2) is 6.39. The molecule has 0 saturated heterocycles. The molecule has 1 N–H and O–H groups in total. The third-order valence-corrected chi connectivity index (χ3v) is 3.28. The normalized spacial score (nSPS) is 10.6. The molecule has 0 aliphatic heterocycles. The quantitative estimate of drug-likeness (QED) is 0.907. The van der Waals surface area contributed by atoms with Crippen LogP contribution in [-0.4, -0.2) is 32.1 Å². The zero-order chi connectivity index (χ0) is 15.4. The Kier molecular flexibility index (Phi) is 4.57. The second-order valence-electron chi connectivity index (χ2n) is 4.94. The standard InChI is InChI=1S/C15H20N4O2/c1-4-18(9-12-8-16-19(5-2)10-12)15(21)13-6-11(3)17-14(20)7-13/h6-8,10H,4-5,9H2,1-3H3,(H,17,20). The highest BCUT2D eigenvalue weighted by Crippen LogP contribution is 2.09. The lowest BCUT2D eigenvalue weighted by molar-refractivity contribution is 0.0752. The molecule has 6 heteroatoms. The van der Waals surface area contributed by atoms with Gasteiger partial charge in [0, 0.05) is 48.7 Å². The van der Waals surface area contributed by atoms with Crippen LogP contribution in [0.15, 0.2) is 29.3 Å². The second-order valence-corrected chi connectivity index (χ2v) is 4.94. The van der Waals surface area contributed by atoms with E-state index in [1.54, 1.807) is 24.1 Å². The van der Waals surface area contributed by atoms with Crippen LogP contribution in [0.1, 0.15) is 35.5 Å². The molecule has 0 spiro atoms. The van der Waals surface area contributed by atoms with Gasteiger partial charge in [-0.2, -0.15) is 5.10 Å². The van der Waals surface area contributed by atoms with Gasteiger partial charge in [-0.05, 0) is 26.8 Å². The van der Waals surface area contributed by atoms with Gasteiger partial charge in [-0.15, -0.1) is 0 Å². The Hall–Kier alpha value is -2.37. The summed E-state index contributed by atoms with van der Waals surface area (Å²) in [6.07, 6.45) is 3.70. The molecule has 1 amide bonds. The third kappa shape index (κ3) is 3.59. The first kappa shape index (κ1) is 15.0. The Labute approximate surface area is 123 Å². The van der Waals surface area contributed by atoms with Crippen molar-refractivity contribution in [3.63, 3.8) is 0 Å². The van der Waals surface area contributed by atoms with Crippen LogP contribution >= 0.6 is 0 Å². The fraction of sp³-hybridized carbons (Fsp3) is 0.400. The Morgan fingerprint density at radius 2 is 2.14 bits per heavy atom. The summed E-state index contributed by atoms with van der Waals surface area (Å²) in [6, 6.07) is 3.04. The monoisotopic (exact) mass is 288 g/mol. The molecule has 0 atom stereocenters. The highest BCUT2D eigenvalue weighted by Gasteiger charge is 2.16. The average Bonchev–Trinajstić information content (AvgIpc) is 2.90. The lowest BCUT2D eigenvalue weighted by Gasteiger charge is -2.20. The van der Waals surface area contributed by atoms with Gasteiger partial charge in [0.15, 0.2) is 0 Å². The van der Waals surface area contributed by atoms with Crippen molar-refractivity contribution in [2.24, 2.45) is 0 Å². The van der Waals surface area contributed by atoms with Crippen LogP contribution in [0.4, 0.5) is 0 Å². The molecule has 2 heterocycles. The molecule has 0 saturated carbocycles. The van der Waals surface area contributed by atoms with Crippen molar-refractivity contribution in [2.75, 3.05) is 6.54 Å². The molecule has 0 fully saturated rings. The number of carbonyl (C=O) groups excluding carboxylic acids is 1. The predicted molar refractivity (Wildman–Crippen MR) is 80.1 cm³/mol. The van der Waals surface area contributed by atoms with E-state index < -0.39 is 0 Å². The molecule has 2 rings (SSSR count). The van der Waals surface area contributed by atoms with Gasteiger partial charge in [0.05, 0.1) is 6.20 Å². The summed E-state index contributed by atoms with van der Waals surface area (Å²) in [5, 5.41) is 4.21. The van der Waals surface area contributed by atoms with Crippen LogP contribution in [0, 0.1) is 6.92 Å². The number of nitrogens with zero attached hydrogens (tertiary/aromatic N) is 3. The van der Waals surface area contributed by atoms with E-state index in [2.05, 4.69) is 10.1 Å². The van der Waals surface area contributed by atoms with Crippen molar-refractivity contribution < 1.29 is 4.79 Å². The molecule has 6 nitrogen and oxygen atoms in total. The highest BCUT2D eigenvalue weighted by atomic mass is 16.2. The number of nitrogens with one attached hydrogen (secondary N) is 1. The minimum atomic E-state index is -0.256. The lowest BCUT2D eigenvalue weighted by Crippen LogP contribution is -2.31. The highest BCUT2D eigenvalue weighted by molar-refractivity contribution is 5.94. The van der Waals surface area contributed by atoms with E-state index in [1.165, 1.54) is 6.07 Å². The van der Waals surface area contributed by atoms with Gasteiger partial charge in [0.1, 0.15) is 0 Å². The van der Waals surface area contributed by atoms with Gasteiger partial charge in [0.2, 0.25) is 5.56 Å². The van der Waals surface area contributed by atoms with Crippen molar-refractivity contribution >= 4 is 5.91 Å². The van der Waals surface area contributed by atoms with Gasteiger partial charge in [0.25, 0.3) is 5.91 Å². The lowest BCUT2D eigenvalue weighted by atomic mass is 10.2. The number of rotatable bonds is 5. The van der Waals surface area contributed by atoms with Crippen LogP contribution in [0.5, 0.6) is 0 Å². The molecule has 0 aromatic carbocycles. The van der Waals surface area contributed by atoms with Crippen molar-refractivity contribution in [3.05, 3.63) is 51.7 Å². The van der Waals surface area contributed by atoms with Crippen LogP contribution in [0.2, 0.25) is 0 Å². The van der Waals surface area contributed by atoms with E-state index in [0.717, 1.165) is 12.1 Å². The van der Waals surface area contributed by atoms with E-state index in [4.69, 9.17) is 0 Å². The summed E-state index contributed by atoms with van der Waals surface area (Å²) in [5.41, 5.74) is 1.82. The first-order chi connectivity index (χ1) is 10.0. The van der Waals surface area contributed by atoms with Crippen molar-refractivity contribution in [1.82, 2.24) is 19.7 Å². The fourth-order valence-corrected chi connectivity index (χ4v) is 2.20. The van der Waals surface area contributed by atoms with E-state index in [9.17, 15) is 9.59 Å². The van der Waals surface area contributed by atoms with Crippen molar-refractivity contribution in [3.8, 4) is 0 Å². The summed E-state index contributed by atoms with van der Waals surface area (Å²) < 4.78 is 1.82. The zero-order valence-electron chi connectivity index (χ0n) is 12.6. The van der Waals surface area contributed by atoms with Crippen LogP contribution in [-0.2, 0) is 13.1 Å². The van der Waals surface area contributed by atoms with Gasteiger partial charge in [-0.3, -0.25) is 14.3 Å². The summed E-state index contributed by atoms with van der Waals surface area (Å²) >= 11 is 0. The molecule has 0 unspecified atom stereocenters. The van der Waals surface area contributed by atoms with Crippen LogP contribution in [0.3, 0.4) is 0 Å². The Morgan fingerprint density at radius 1 is 1.38 bits per heavy atom. The minimum absolute atomic E-state index is 0.143. The molecule has 0 aliphatic carbocycles. The molecule has 0 bridgehead atoms. The summed E-state index contributed by atoms with van der Waals surface area (Å²) in [5.74, 6) is -0.143. The first-order valence-electron chi connectivity index (χ1n) is 7.05. The third-order valence-electron chi connectivity index (χ3n) is 3.28. The number of carbonyl (C=O) groups is 1. The number of H-pyrrole nitrogens is 1. The predicted octanol–water partition coefficient (Wildman–Crippen LogP) is 1.56. The van der Waals surface area contributed by atoms with Crippen molar-refractivity contribution in [1.29, 1.82) is 0 Å². The number of aryl methyl sites for hydroxylation is 2. The molecule has 2 aromatic rings. The maximum Gasteiger partial charge on any atom is 0.254 e. The summed E-state index contributed by atoms with van der Waals surface area (Å²) in [6.45, 7) is 7.55. The van der Waals surface area contributed by atoms with Gasteiger partial charge < -0.3 is 9.88 Å². The van der Waals surface area contributed by atoms with E-state index >= 15 is 0 Å². The number of hydrogen-bond acceptors (Lipinski definition) is 3. The van der Waals surface area contributed by atoms with Crippen molar-refractivity contribution in [2.45, 2.75) is 33.9 Å². The SMILES string of the molecule is CCN(Cc1cnn(CC)c1)C(=O)c1cc(C)[nH]c(=O)c1. The minimum Gasteiger partial charge on any atom is -0.334 e. The van der Waals surface area contributed by atoms with E-state index in [-0.39, 0.29) is 11.5 Å². The Balaban J connectivity index is 2.19. The average molecular weight is 288 g/mol. The largest absolute Gasteiger partial charge is 0.334 e. The number of pyridine rings is 1. The van der Waals surface area contributed by atoms with Gasteiger partial charge in [-0.25, -0.2) is 0 Å². The van der Waals surface area contributed by atoms with Gasteiger partial charge in [-0.1, -0.05) is 0 Å². The first-order valence-corrected chi connectivity index (χ1v) is 7.05. The topological polar surface area (TPSA) is 71.0 Å². The summed E-state index contributed by atoms with van der Waals surface area (Å²) in [4.78, 5) is 28.3. The van der Waals surface area contributed by atoms with Crippen LogP contribution in [0.25, 0.3) is 0 Å². The van der Waals surface area contributed by atoms with E-state index in [1.807, 2.05) is 24.7 Å². The molecule has 0 radical (unpaired) electrons. The Bertz CT molecular complexity index is 687. The maximum absolute atomic E-state index is 12.5. The number of hydrogen-bond donors (Lipinski definition) is 1. The molecule has 2 aromatic heterocycles. The molecule has 112 valence electrons. The summed E-state index contributed by atoms with van der Waals surface area (Å²) in [7, 11) is 0. The zero-order valence-corrected chi connectivity index (χ0v) is 12.6. The molecule has 21 heavy (non-hydrogen) atoms. The molecule has 0 aliphatic rings. The number of aromatic nitrogens is 3. The fourth-order valence-electron chi connectivity index (χ4n) is 2.20. The van der Waals surface area contributed by atoms with Gasteiger partial charge >= 0.3 is 0 Å². The smallest absolute Gasteiger partial charge is 0.254 e. The van der Waals surface area contributed by atoms with E-state index in [0.29, 0.717) is 24.3 Å². The Morgan fingerprint density at radius 3 is 2.71 bits per heavy atom. The number of amides is 1. The maximum atomic E-state index is 12.5.